The number of carbonyl (C=O) groups excluding carboxylic acids is 1. The van der Waals surface area contributed by atoms with Crippen LogP contribution in [0.4, 0.5) is 0 Å². The molecule has 2 fully saturated rings. The molecule has 120 valence electrons. The molecule has 1 heterocycles. The summed E-state index contributed by atoms with van der Waals surface area (Å²) in [5.74, 6) is -0.0601. The van der Waals surface area contributed by atoms with E-state index in [1.165, 1.54) is 5.56 Å². The second kappa shape index (κ2) is 5.64. The Hall–Kier alpha value is -1.44. The number of rotatable bonds is 6. The van der Waals surface area contributed by atoms with Crippen LogP contribution < -0.4 is 10.5 Å². The monoisotopic (exact) mass is 323 g/mol. The van der Waals surface area contributed by atoms with Crippen LogP contribution in [-0.2, 0) is 20.2 Å². The van der Waals surface area contributed by atoms with Crippen LogP contribution in [0.25, 0.3) is 0 Å². The highest BCUT2D eigenvalue weighted by Gasteiger charge is 2.44. The van der Waals surface area contributed by atoms with Crippen molar-refractivity contribution in [2.24, 2.45) is 5.14 Å². The van der Waals surface area contributed by atoms with Gasteiger partial charge in [0.1, 0.15) is 5.25 Å². The molecule has 1 aliphatic carbocycles. The Kier molecular flexibility index (Phi) is 3.96. The molecule has 0 radical (unpaired) electrons. The number of likely N-dealkylation sites (tertiary alicyclic amines) is 1. The zero-order valence-electron chi connectivity index (χ0n) is 12.4. The first-order valence-corrected chi connectivity index (χ1v) is 9.06. The van der Waals surface area contributed by atoms with E-state index in [1.54, 1.807) is 4.90 Å². The Morgan fingerprint density at radius 1 is 1.27 bits per heavy atom. The van der Waals surface area contributed by atoms with Gasteiger partial charge in [-0.3, -0.25) is 9.69 Å². The van der Waals surface area contributed by atoms with Gasteiger partial charge < -0.3 is 5.32 Å². The highest BCUT2D eigenvalue weighted by molar-refractivity contribution is 7.89. The molecule has 0 unspecified atom stereocenters. The van der Waals surface area contributed by atoms with Crippen LogP contribution in [0.15, 0.2) is 30.3 Å². The molecule has 3 N–H and O–H groups in total. The van der Waals surface area contributed by atoms with Crippen molar-refractivity contribution in [2.75, 3.05) is 26.2 Å². The molecular weight excluding hydrogens is 302 g/mol. The molecule has 0 aromatic heterocycles. The van der Waals surface area contributed by atoms with Gasteiger partial charge in [-0.25, -0.2) is 13.6 Å². The molecule has 1 aromatic rings. The van der Waals surface area contributed by atoms with Gasteiger partial charge in [-0.1, -0.05) is 30.3 Å². The molecule has 3 rings (SSSR count). The fourth-order valence-corrected chi connectivity index (χ4v) is 3.73. The van der Waals surface area contributed by atoms with E-state index in [9.17, 15) is 13.2 Å². The molecule has 7 heteroatoms. The van der Waals surface area contributed by atoms with Crippen LogP contribution in [0.5, 0.6) is 0 Å². The summed E-state index contributed by atoms with van der Waals surface area (Å²) in [5, 5.41) is 7.51. The maximum atomic E-state index is 12.0. The fourth-order valence-electron chi connectivity index (χ4n) is 2.90. The Labute approximate surface area is 130 Å². The lowest BCUT2D eigenvalue weighted by Crippen LogP contribution is -2.58. The highest BCUT2D eigenvalue weighted by Crippen LogP contribution is 2.47. The number of nitrogens with two attached hydrogens (primary N) is 1. The second-order valence-electron chi connectivity index (χ2n) is 6.33. The normalized spacial score (nSPS) is 21.1. The molecule has 1 aromatic carbocycles. The van der Waals surface area contributed by atoms with Crippen molar-refractivity contribution in [3.63, 3.8) is 0 Å². The summed E-state index contributed by atoms with van der Waals surface area (Å²) < 4.78 is 22.2. The third-order valence-electron chi connectivity index (χ3n) is 4.62. The van der Waals surface area contributed by atoms with Crippen molar-refractivity contribution in [3.05, 3.63) is 35.9 Å². The first-order valence-electron chi connectivity index (χ1n) is 7.45. The summed E-state index contributed by atoms with van der Waals surface area (Å²) in [4.78, 5) is 13.8. The van der Waals surface area contributed by atoms with E-state index in [4.69, 9.17) is 5.14 Å². The van der Waals surface area contributed by atoms with Crippen molar-refractivity contribution in [1.82, 2.24) is 10.2 Å². The fraction of sp³-hybridized carbons (Fsp3) is 0.533. The summed E-state index contributed by atoms with van der Waals surface area (Å²) in [7, 11) is -3.47. The Morgan fingerprint density at radius 3 is 2.45 bits per heavy atom. The average Bonchev–Trinajstić information content (AvgIpc) is 3.21. The van der Waals surface area contributed by atoms with Crippen LogP contribution >= 0.6 is 0 Å². The molecule has 6 nitrogen and oxygen atoms in total. The van der Waals surface area contributed by atoms with Gasteiger partial charge in [0.25, 0.3) is 0 Å². The molecule has 0 bridgehead atoms. The van der Waals surface area contributed by atoms with E-state index in [0.29, 0.717) is 19.6 Å². The van der Waals surface area contributed by atoms with E-state index < -0.39 is 15.3 Å². The van der Waals surface area contributed by atoms with Crippen molar-refractivity contribution in [1.29, 1.82) is 0 Å². The van der Waals surface area contributed by atoms with Crippen molar-refractivity contribution in [2.45, 2.75) is 23.5 Å². The molecule has 1 saturated carbocycles. The van der Waals surface area contributed by atoms with E-state index in [1.807, 2.05) is 18.2 Å². The number of nitrogens with one attached hydrogen (secondary N) is 1. The van der Waals surface area contributed by atoms with Gasteiger partial charge >= 0.3 is 0 Å². The average molecular weight is 323 g/mol. The predicted molar refractivity (Wildman–Crippen MR) is 83.7 cm³/mol. The van der Waals surface area contributed by atoms with Gasteiger partial charge in [-0.15, -0.1) is 0 Å². The Morgan fingerprint density at radius 2 is 1.91 bits per heavy atom. The van der Waals surface area contributed by atoms with Crippen LogP contribution in [0.1, 0.15) is 18.4 Å². The minimum Gasteiger partial charge on any atom is -0.354 e. The predicted octanol–water partition coefficient (Wildman–Crippen LogP) is -0.193. The zero-order chi connectivity index (χ0) is 15.8. The smallest absolute Gasteiger partial charge is 0.234 e. The number of carbonyl (C=O) groups is 1. The van der Waals surface area contributed by atoms with Gasteiger partial charge in [0.05, 0.1) is 6.54 Å². The van der Waals surface area contributed by atoms with E-state index in [2.05, 4.69) is 17.4 Å². The van der Waals surface area contributed by atoms with E-state index >= 15 is 0 Å². The van der Waals surface area contributed by atoms with Gasteiger partial charge in [0.2, 0.25) is 15.9 Å². The minimum absolute atomic E-state index is 0.0601. The summed E-state index contributed by atoms with van der Waals surface area (Å²) in [6.07, 6.45) is 2.18. The quantitative estimate of drug-likeness (QED) is 0.759. The van der Waals surface area contributed by atoms with Gasteiger partial charge in [0.15, 0.2) is 0 Å². The molecule has 2 aliphatic rings. The van der Waals surface area contributed by atoms with Crippen molar-refractivity contribution in [3.8, 4) is 0 Å². The number of nitrogens with zero attached hydrogens (tertiary/aromatic N) is 1. The topological polar surface area (TPSA) is 92.5 Å². The number of hydrogen-bond acceptors (Lipinski definition) is 4. The van der Waals surface area contributed by atoms with Gasteiger partial charge in [-0.05, 0) is 18.4 Å². The molecular formula is C15H21N3O3S. The third-order valence-corrected chi connectivity index (χ3v) is 5.85. The number of primary sulfonamides is 1. The van der Waals surface area contributed by atoms with Crippen LogP contribution in [0.3, 0.4) is 0 Å². The first kappa shape index (κ1) is 15.5. The minimum atomic E-state index is -3.47. The van der Waals surface area contributed by atoms with E-state index in [0.717, 1.165) is 12.8 Å². The van der Waals surface area contributed by atoms with Gasteiger partial charge in [-0.2, -0.15) is 0 Å². The van der Waals surface area contributed by atoms with Crippen LogP contribution in [0, 0.1) is 0 Å². The zero-order valence-corrected chi connectivity index (χ0v) is 13.2. The second-order valence-corrected chi connectivity index (χ2v) is 8.17. The largest absolute Gasteiger partial charge is 0.354 e. The lowest BCUT2D eigenvalue weighted by atomic mass is 9.96. The molecule has 1 aliphatic heterocycles. The summed E-state index contributed by atoms with van der Waals surface area (Å²) in [6.45, 7) is 1.56. The molecule has 0 atom stereocenters. The Bertz CT molecular complexity index is 650. The Balaban J connectivity index is 1.44. The number of hydrogen-bond donors (Lipinski definition) is 2. The highest BCUT2D eigenvalue weighted by atomic mass is 32.2. The first-order chi connectivity index (χ1) is 10.4. The lowest BCUT2D eigenvalue weighted by Gasteiger charge is -2.36. The summed E-state index contributed by atoms with van der Waals surface area (Å²) in [5.41, 5.74) is 1.36. The summed E-state index contributed by atoms with van der Waals surface area (Å²) in [6, 6.07) is 10.2. The third kappa shape index (κ3) is 3.31. The summed E-state index contributed by atoms with van der Waals surface area (Å²) >= 11 is 0. The SMILES string of the molecule is NS(=O)(=O)C1CN(CC(=O)NCC2(c3ccccc3)CC2)C1. The lowest BCUT2D eigenvalue weighted by molar-refractivity contribution is -0.123. The molecule has 0 spiro atoms. The number of benzene rings is 1. The maximum absolute atomic E-state index is 12.0. The number of sulfonamides is 1. The van der Waals surface area contributed by atoms with Gasteiger partial charge in [0, 0.05) is 25.0 Å². The van der Waals surface area contributed by atoms with Crippen LogP contribution in [0.2, 0.25) is 0 Å². The van der Waals surface area contributed by atoms with Crippen molar-refractivity contribution < 1.29 is 13.2 Å². The molecule has 1 saturated heterocycles. The number of amides is 1. The maximum Gasteiger partial charge on any atom is 0.234 e. The van der Waals surface area contributed by atoms with E-state index in [-0.39, 0.29) is 17.9 Å². The standard InChI is InChI=1S/C15H21N3O3S/c16-22(20,21)13-8-18(9-13)10-14(19)17-11-15(6-7-15)12-4-2-1-3-5-12/h1-5,13H,6-11H2,(H,17,19)(H2,16,20,21). The van der Waals surface area contributed by atoms with Crippen LogP contribution in [-0.4, -0.2) is 50.7 Å². The van der Waals surface area contributed by atoms with Crippen molar-refractivity contribution >= 4 is 15.9 Å². The molecule has 1 amide bonds. The molecule has 22 heavy (non-hydrogen) atoms.